The van der Waals surface area contributed by atoms with Crippen LogP contribution in [0.2, 0.25) is 0 Å². The minimum absolute atomic E-state index is 0.0407. The predicted octanol–water partition coefficient (Wildman–Crippen LogP) is 4.14. The molecule has 0 bridgehead atoms. The summed E-state index contributed by atoms with van der Waals surface area (Å²) in [6, 6.07) is 4.56. The predicted molar refractivity (Wildman–Crippen MR) is 75.1 cm³/mol. The molecule has 2 atom stereocenters. The van der Waals surface area contributed by atoms with Crippen molar-refractivity contribution in [3.05, 3.63) is 34.1 Å². The van der Waals surface area contributed by atoms with Crippen LogP contribution in [0, 0.1) is 11.7 Å². The number of rotatable bonds is 5. The van der Waals surface area contributed by atoms with Crippen molar-refractivity contribution in [3.63, 3.8) is 0 Å². The summed E-state index contributed by atoms with van der Waals surface area (Å²) in [6.07, 6.45) is 1.97. The smallest absolute Gasteiger partial charge is 0.255 e. The monoisotopic (exact) mass is 315 g/mol. The molecule has 0 radical (unpaired) electrons. The van der Waals surface area contributed by atoms with E-state index >= 15 is 0 Å². The zero-order valence-electron chi connectivity index (χ0n) is 11.0. The average Bonchev–Trinajstić information content (AvgIpc) is 2.28. The highest BCUT2D eigenvalue weighted by Crippen LogP contribution is 2.20. The Hall–Kier alpha value is -0.900. The Labute approximate surface area is 116 Å². The Balaban J connectivity index is 2.71. The van der Waals surface area contributed by atoms with Crippen LogP contribution in [0.15, 0.2) is 22.7 Å². The van der Waals surface area contributed by atoms with E-state index in [1.807, 2.05) is 6.92 Å². The first-order valence-corrected chi connectivity index (χ1v) is 6.99. The van der Waals surface area contributed by atoms with Crippen molar-refractivity contribution in [1.82, 2.24) is 5.32 Å². The molecule has 0 aliphatic heterocycles. The Morgan fingerprint density at radius 3 is 2.67 bits per heavy atom. The summed E-state index contributed by atoms with van der Waals surface area (Å²) in [5.41, 5.74) is 0.0773. The van der Waals surface area contributed by atoms with Gasteiger partial charge in [0, 0.05) is 10.5 Å². The van der Waals surface area contributed by atoms with Crippen LogP contribution in [-0.4, -0.2) is 11.9 Å². The lowest BCUT2D eigenvalue weighted by Gasteiger charge is -2.18. The van der Waals surface area contributed by atoms with E-state index in [4.69, 9.17) is 0 Å². The van der Waals surface area contributed by atoms with E-state index in [2.05, 4.69) is 35.1 Å². The van der Waals surface area contributed by atoms with Crippen molar-refractivity contribution < 1.29 is 9.18 Å². The van der Waals surface area contributed by atoms with Crippen LogP contribution >= 0.6 is 15.9 Å². The summed E-state index contributed by atoms with van der Waals surface area (Å²) in [5, 5.41) is 2.83. The molecule has 0 aliphatic rings. The second kappa shape index (κ2) is 6.88. The minimum atomic E-state index is -0.502. The standard InChI is InChI=1S/C14H19BrFNO/c1-4-9(2)8-10(3)17-14(18)13-11(15)6-5-7-12(13)16/h5-7,9-10H,4,8H2,1-3H3,(H,17,18). The van der Waals surface area contributed by atoms with Gasteiger partial charge in [0.1, 0.15) is 5.82 Å². The average molecular weight is 316 g/mol. The number of amides is 1. The molecule has 1 aromatic carbocycles. The summed E-state index contributed by atoms with van der Waals surface area (Å²) < 4.78 is 14.1. The minimum Gasteiger partial charge on any atom is -0.349 e. The van der Waals surface area contributed by atoms with Crippen molar-refractivity contribution in [2.75, 3.05) is 0 Å². The number of hydrogen-bond donors (Lipinski definition) is 1. The Morgan fingerprint density at radius 2 is 2.11 bits per heavy atom. The fourth-order valence-corrected chi connectivity index (χ4v) is 2.36. The van der Waals surface area contributed by atoms with E-state index in [9.17, 15) is 9.18 Å². The Bertz CT molecular complexity index is 402. The molecule has 0 fully saturated rings. The van der Waals surface area contributed by atoms with Crippen LogP contribution in [0.25, 0.3) is 0 Å². The van der Waals surface area contributed by atoms with Crippen LogP contribution < -0.4 is 5.32 Å². The van der Waals surface area contributed by atoms with Crippen LogP contribution in [0.5, 0.6) is 0 Å². The van der Waals surface area contributed by atoms with Crippen molar-refractivity contribution >= 4 is 21.8 Å². The van der Waals surface area contributed by atoms with E-state index in [0.29, 0.717) is 10.4 Å². The second-order valence-corrected chi connectivity index (χ2v) is 5.57. The molecule has 1 aromatic rings. The number of benzene rings is 1. The lowest BCUT2D eigenvalue weighted by molar-refractivity contribution is 0.0930. The number of nitrogens with one attached hydrogen (secondary N) is 1. The molecule has 0 aromatic heterocycles. The maximum atomic E-state index is 13.6. The molecule has 100 valence electrons. The topological polar surface area (TPSA) is 29.1 Å². The molecule has 0 heterocycles. The largest absolute Gasteiger partial charge is 0.349 e. The molecule has 18 heavy (non-hydrogen) atoms. The number of halogens is 2. The van der Waals surface area contributed by atoms with Gasteiger partial charge in [-0.2, -0.15) is 0 Å². The molecular weight excluding hydrogens is 297 g/mol. The quantitative estimate of drug-likeness (QED) is 0.869. The van der Waals surface area contributed by atoms with Crippen molar-refractivity contribution in [2.45, 2.75) is 39.7 Å². The number of hydrogen-bond acceptors (Lipinski definition) is 1. The van der Waals surface area contributed by atoms with Gasteiger partial charge < -0.3 is 5.32 Å². The fraction of sp³-hybridized carbons (Fsp3) is 0.500. The molecule has 2 unspecified atom stereocenters. The van der Waals surface area contributed by atoms with Gasteiger partial charge in [0.25, 0.3) is 5.91 Å². The summed E-state index contributed by atoms with van der Waals surface area (Å²) >= 11 is 3.20. The molecule has 1 N–H and O–H groups in total. The zero-order valence-corrected chi connectivity index (χ0v) is 12.6. The third-order valence-corrected chi connectivity index (χ3v) is 3.68. The van der Waals surface area contributed by atoms with E-state index in [0.717, 1.165) is 12.8 Å². The van der Waals surface area contributed by atoms with Gasteiger partial charge >= 0.3 is 0 Å². The highest BCUT2D eigenvalue weighted by molar-refractivity contribution is 9.10. The van der Waals surface area contributed by atoms with Crippen LogP contribution in [0.4, 0.5) is 4.39 Å². The molecule has 0 saturated heterocycles. The second-order valence-electron chi connectivity index (χ2n) is 4.72. The summed E-state index contributed by atoms with van der Waals surface area (Å²) in [7, 11) is 0. The lowest BCUT2D eigenvalue weighted by Crippen LogP contribution is -2.34. The molecule has 1 amide bonds. The Kier molecular flexibility index (Phi) is 5.79. The first-order chi connectivity index (χ1) is 8.45. The van der Waals surface area contributed by atoms with E-state index in [1.165, 1.54) is 6.07 Å². The molecule has 2 nitrogen and oxygen atoms in total. The normalized spacial score (nSPS) is 14.1. The highest BCUT2D eigenvalue weighted by atomic mass is 79.9. The van der Waals surface area contributed by atoms with Crippen molar-refractivity contribution in [2.24, 2.45) is 5.92 Å². The van der Waals surface area contributed by atoms with Gasteiger partial charge in [0.2, 0.25) is 0 Å². The number of carbonyl (C=O) groups excluding carboxylic acids is 1. The van der Waals surface area contributed by atoms with Crippen LogP contribution in [0.3, 0.4) is 0 Å². The fourth-order valence-electron chi connectivity index (χ4n) is 1.84. The van der Waals surface area contributed by atoms with Crippen LogP contribution in [0.1, 0.15) is 44.0 Å². The van der Waals surface area contributed by atoms with Gasteiger partial charge in [-0.15, -0.1) is 0 Å². The van der Waals surface area contributed by atoms with E-state index in [-0.39, 0.29) is 17.5 Å². The lowest BCUT2D eigenvalue weighted by atomic mass is 10.00. The van der Waals surface area contributed by atoms with Crippen molar-refractivity contribution in [3.8, 4) is 0 Å². The molecule has 0 saturated carbocycles. The first kappa shape index (κ1) is 15.2. The van der Waals surface area contributed by atoms with Gasteiger partial charge in [-0.1, -0.05) is 26.3 Å². The summed E-state index contributed by atoms with van der Waals surface area (Å²) in [5.74, 6) is -0.322. The van der Waals surface area contributed by atoms with E-state index in [1.54, 1.807) is 12.1 Å². The molecule has 1 rings (SSSR count). The molecule has 4 heteroatoms. The van der Waals surface area contributed by atoms with Crippen LogP contribution in [-0.2, 0) is 0 Å². The van der Waals surface area contributed by atoms with Gasteiger partial charge in [0.15, 0.2) is 0 Å². The zero-order chi connectivity index (χ0) is 13.7. The maximum Gasteiger partial charge on any atom is 0.255 e. The Morgan fingerprint density at radius 1 is 1.44 bits per heavy atom. The van der Waals surface area contributed by atoms with E-state index < -0.39 is 5.82 Å². The SMILES string of the molecule is CCC(C)CC(C)NC(=O)c1c(F)cccc1Br. The molecule has 0 spiro atoms. The molecular formula is C14H19BrFNO. The van der Waals surface area contributed by atoms with Gasteiger partial charge in [-0.25, -0.2) is 4.39 Å². The van der Waals surface area contributed by atoms with Gasteiger partial charge in [-0.3, -0.25) is 4.79 Å². The first-order valence-electron chi connectivity index (χ1n) is 6.20. The highest BCUT2D eigenvalue weighted by Gasteiger charge is 2.17. The summed E-state index contributed by atoms with van der Waals surface area (Å²) in [4.78, 5) is 12.0. The maximum absolute atomic E-state index is 13.6. The van der Waals surface area contributed by atoms with Gasteiger partial charge in [0.05, 0.1) is 5.56 Å². The number of carbonyl (C=O) groups is 1. The summed E-state index contributed by atoms with van der Waals surface area (Å²) in [6.45, 7) is 6.20. The van der Waals surface area contributed by atoms with Gasteiger partial charge in [-0.05, 0) is 47.3 Å². The third kappa shape index (κ3) is 4.09. The molecule has 0 aliphatic carbocycles. The van der Waals surface area contributed by atoms with Crippen molar-refractivity contribution in [1.29, 1.82) is 0 Å². The third-order valence-electron chi connectivity index (χ3n) is 3.02.